The molecule has 1 N–H and O–H groups in total. The average molecular weight is 168 g/mol. The molecule has 3 heteroatoms. The minimum absolute atomic E-state index is 0.177. The Morgan fingerprint density at radius 2 is 2.42 bits per heavy atom. The number of aliphatic hydroxyl groups excluding tert-OH is 1. The van der Waals surface area contributed by atoms with Gasteiger partial charge in [0.2, 0.25) is 0 Å². The maximum Gasteiger partial charge on any atom is 0.312 e. The number of rotatable bonds is 1. The van der Waals surface area contributed by atoms with Crippen molar-refractivity contribution >= 4 is 5.97 Å². The molecule has 0 saturated carbocycles. The molecule has 0 aliphatic heterocycles. The Bertz CT molecular complexity index is 250. The highest BCUT2D eigenvalue weighted by Gasteiger charge is 2.19. The highest BCUT2D eigenvalue weighted by atomic mass is 16.5. The Morgan fingerprint density at radius 1 is 1.75 bits per heavy atom. The topological polar surface area (TPSA) is 46.5 Å². The molecule has 1 atom stereocenters. The molecule has 1 aliphatic carbocycles. The van der Waals surface area contributed by atoms with Crippen molar-refractivity contribution < 1.29 is 14.6 Å². The summed E-state index contributed by atoms with van der Waals surface area (Å²) in [6.07, 6.45) is 3.97. The predicted octanol–water partition coefficient (Wildman–Crippen LogP) is 1.57. The van der Waals surface area contributed by atoms with E-state index < -0.39 is 0 Å². The molecule has 1 unspecified atom stereocenters. The van der Waals surface area contributed by atoms with Gasteiger partial charge in [-0.05, 0) is 25.0 Å². The number of esters is 1. The predicted molar refractivity (Wildman–Crippen MR) is 44.6 cm³/mol. The summed E-state index contributed by atoms with van der Waals surface area (Å²) in [4.78, 5) is 11.0. The standard InChI is InChI=1S/C9H12O3/c1-6-3-4-7(5-8(6)10)9(11)12-2/h3,5,7,10H,4H2,1-2H3. The van der Waals surface area contributed by atoms with Crippen LogP contribution in [0.1, 0.15) is 13.3 Å². The van der Waals surface area contributed by atoms with Crippen LogP contribution in [0.5, 0.6) is 0 Å². The fourth-order valence-electron chi connectivity index (χ4n) is 1.11. The van der Waals surface area contributed by atoms with E-state index in [2.05, 4.69) is 4.74 Å². The van der Waals surface area contributed by atoms with E-state index in [1.165, 1.54) is 13.2 Å². The number of aliphatic hydroxyl groups is 1. The van der Waals surface area contributed by atoms with Crippen LogP contribution in [0.3, 0.4) is 0 Å². The van der Waals surface area contributed by atoms with Gasteiger partial charge in [0.15, 0.2) is 0 Å². The van der Waals surface area contributed by atoms with Gasteiger partial charge in [-0.25, -0.2) is 0 Å². The molecule has 3 nitrogen and oxygen atoms in total. The fourth-order valence-corrected chi connectivity index (χ4v) is 1.11. The lowest BCUT2D eigenvalue weighted by atomic mass is 9.96. The van der Waals surface area contributed by atoms with Gasteiger partial charge in [-0.3, -0.25) is 4.79 Å². The molecule has 0 amide bonds. The lowest BCUT2D eigenvalue weighted by Crippen LogP contribution is -2.16. The van der Waals surface area contributed by atoms with Crippen molar-refractivity contribution in [3.05, 3.63) is 23.5 Å². The third kappa shape index (κ3) is 1.67. The average Bonchev–Trinajstić information content (AvgIpc) is 2.08. The van der Waals surface area contributed by atoms with E-state index in [1.54, 1.807) is 6.92 Å². The molecule has 0 saturated heterocycles. The number of carbonyl (C=O) groups is 1. The van der Waals surface area contributed by atoms with Crippen LogP contribution in [-0.2, 0) is 9.53 Å². The monoisotopic (exact) mass is 168 g/mol. The number of carbonyl (C=O) groups excluding carboxylic acids is 1. The van der Waals surface area contributed by atoms with Crippen molar-refractivity contribution in [2.45, 2.75) is 13.3 Å². The molecule has 1 rings (SSSR count). The molecule has 0 heterocycles. The lowest BCUT2D eigenvalue weighted by molar-refractivity contribution is -0.143. The minimum Gasteiger partial charge on any atom is -0.508 e. The van der Waals surface area contributed by atoms with Gasteiger partial charge in [0.25, 0.3) is 0 Å². The molecule has 0 aromatic heterocycles. The zero-order valence-corrected chi connectivity index (χ0v) is 7.20. The minimum atomic E-state index is -0.321. The maximum atomic E-state index is 11.0. The first-order valence-corrected chi connectivity index (χ1v) is 3.81. The van der Waals surface area contributed by atoms with Crippen LogP contribution in [0, 0.1) is 5.92 Å². The van der Waals surface area contributed by atoms with Gasteiger partial charge in [-0.2, -0.15) is 0 Å². The zero-order valence-electron chi connectivity index (χ0n) is 7.20. The Balaban J connectivity index is 2.71. The molecule has 0 radical (unpaired) electrons. The summed E-state index contributed by atoms with van der Waals surface area (Å²) in [7, 11) is 1.35. The van der Waals surface area contributed by atoms with Gasteiger partial charge in [-0.1, -0.05) is 6.08 Å². The normalized spacial score (nSPS) is 22.7. The highest BCUT2D eigenvalue weighted by molar-refractivity contribution is 5.75. The SMILES string of the molecule is COC(=O)C1C=C(O)C(C)=CC1. The second-order valence-corrected chi connectivity index (χ2v) is 2.80. The van der Waals surface area contributed by atoms with E-state index in [4.69, 9.17) is 0 Å². The van der Waals surface area contributed by atoms with E-state index in [9.17, 15) is 9.90 Å². The van der Waals surface area contributed by atoms with Gasteiger partial charge in [0.1, 0.15) is 5.76 Å². The quantitative estimate of drug-likeness (QED) is 0.604. The van der Waals surface area contributed by atoms with Gasteiger partial charge in [0, 0.05) is 0 Å². The first-order chi connectivity index (χ1) is 5.65. The van der Waals surface area contributed by atoms with E-state index in [1.807, 2.05) is 6.08 Å². The third-order valence-corrected chi connectivity index (χ3v) is 1.94. The Hall–Kier alpha value is -1.25. The van der Waals surface area contributed by atoms with Crippen molar-refractivity contribution in [1.82, 2.24) is 0 Å². The summed E-state index contributed by atoms with van der Waals surface area (Å²) in [6, 6.07) is 0. The van der Waals surface area contributed by atoms with Gasteiger partial charge in [-0.15, -0.1) is 0 Å². The van der Waals surface area contributed by atoms with Crippen molar-refractivity contribution in [2.24, 2.45) is 5.92 Å². The van der Waals surface area contributed by atoms with Crippen LogP contribution < -0.4 is 0 Å². The van der Waals surface area contributed by atoms with E-state index >= 15 is 0 Å². The summed E-state index contributed by atoms with van der Waals surface area (Å²) in [5.74, 6) is -0.444. The van der Waals surface area contributed by atoms with Gasteiger partial charge < -0.3 is 9.84 Å². The van der Waals surface area contributed by atoms with E-state index in [0.717, 1.165) is 5.57 Å². The molecule has 0 aromatic carbocycles. The van der Waals surface area contributed by atoms with Crippen LogP contribution in [0.4, 0.5) is 0 Å². The number of hydrogen-bond donors (Lipinski definition) is 1. The van der Waals surface area contributed by atoms with Crippen molar-refractivity contribution in [2.75, 3.05) is 7.11 Å². The summed E-state index contributed by atoms with van der Waals surface area (Å²) in [5, 5.41) is 9.28. The number of allylic oxidation sites excluding steroid dienone is 2. The van der Waals surface area contributed by atoms with Gasteiger partial charge in [0.05, 0.1) is 13.0 Å². The number of ether oxygens (including phenoxy) is 1. The smallest absolute Gasteiger partial charge is 0.312 e. The molecule has 0 fully saturated rings. The Kier molecular flexibility index (Phi) is 2.53. The van der Waals surface area contributed by atoms with E-state index in [0.29, 0.717) is 6.42 Å². The van der Waals surface area contributed by atoms with Crippen molar-refractivity contribution in [1.29, 1.82) is 0 Å². The molecule has 0 bridgehead atoms. The molecule has 66 valence electrons. The number of hydrogen-bond acceptors (Lipinski definition) is 3. The first kappa shape index (κ1) is 8.84. The van der Waals surface area contributed by atoms with Crippen LogP contribution in [0.25, 0.3) is 0 Å². The second kappa shape index (κ2) is 3.43. The van der Waals surface area contributed by atoms with Crippen LogP contribution in [0.2, 0.25) is 0 Å². The molecular formula is C9H12O3. The third-order valence-electron chi connectivity index (χ3n) is 1.94. The van der Waals surface area contributed by atoms with E-state index in [-0.39, 0.29) is 17.6 Å². The molecule has 0 aromatic rings. The van der Waals surface area contributed by atoms with Gasteiger partial charge >= 0.3 is 5.97 Å². The molecule has 1 aliphatic rings. The number of methoxy groups -OCH3 is 1. The highest BCUT2D eigenvalue weighted by Crippen LogP contribution is 2.21. The van der Waals surface area contributed by atoms with Crippen LogP contribution in [-0.4, -0.2) is 18.2 Å². The lowest BCUT2D eigenvalue weighted by Gasteiger charge is -2.14. The Labute approximate surface area is 71.3 Å². The maximum absolute atomic E-state index is 11.0. The van der Waals surface area contributed by atoms with Crippen LogP contribution in [0.15, 0.2) is 23.5 Å². The zero-order chi connectivity index (χ0) is 9.14. The summed E-state index contributed by atoms with van der Waals surface area (Å²) >= 11 is 0. The molecular weight excluding hydrogens is 156 g/mol. The molecule has 0 spiro atoms. The van der Waals surface area contributed by atoms with Crippen LogP contribution >= 0.6 is 0 Å². The van der Waals surface area contributed by atoms with Crippen molar-refractivity contribution in [3.8, 4) is 0 Å². The first-order valence-electron chi connectivity index (χ1n) is 3.81. The molecule has 12 heavy (non-hydrogen) atoms. The summed E-state index contributed by atoms with van der Waals surface area (Å²) in [5.41, 5.74) is 0.815. The second-order valence-electron chi connectivity index (χ2n) is 2.80. The summed E-state index contributed by atoms with van der Waals surface area (Å²) in [6.45, 7) is 1.80. The fraction of sp³-hybridized carbons (Fsp3) is 0.444. The largest absolute Gasteiger partial charge is 0.508 e. The summed E-state index contributed by atoms with van der Waals surface area (Å²) < 4.78 is 4.55. The Morgan fingerprint density at radius 3 is 2.92 bits per heavy atom. The van der Waals surface area contributed by atoms with Crippen molar-refractivity contribution in [3.63, 3.8) is 0 Å².